The molecule has 132 valence electrons. The number of hydrogen-bond donors (Lipinski definition) is 1. The van der Waals surface area contributed by atoms with Gasteiger partial charge in [-0.25, -0.2) is 4.79 Å². The van der Waals surface area contributed by atoms with Crippen LogP contribution in [0.1, 0.15) is 25.7 Å². The number of aliphatic carboxylic acids is 1. The number of carboxylic acid groups (broad SMARTS) is 1. The van der Waals surface area contributed by atoms with Crippen molar-refractivity contribution in [1.29, 1.82) is 0 Å². The monoisotopic (exact) mass is 338 g/mol. The van der Waals surface area contributed by atoms with Crippen molar-refractivity contribution < 1.29 is 32.6 Å². The van der Waals surface area contributed by atoms with Crippen molar-refractivity contribution in [2.45, 2.75) is 43.9 Å². The Kier molecular flexibility index (Phi) is 5.38. The Balaban J connectivity index is 2.11. The molecule has 0 aromatic rings. The maximum atomic E-state index is 13.1. The second kappa shape index (κ2) is 6.94. The number of carbonyl (C=O) groups is 2. The Bertz CT molecular complexity index is 458. The van der Waals surface area contributed by atoms with Gasteiger partial charge < -0.3 is 14.7 Å². The third-order valence-corrected chi connectivity index (χ3v) is 4.66. The number of alkyl halides is 3. The molecule has 2 saturated heterocycles. The molecule has 9 heteroatoms. The zero-order valence-corrected chi connectivity index (χ0v) is 12.9. The summed E-state index contributed by atoms with van der Waals surface area (Å²) >= 11 is 0. The van der Waals surface area contributed by atoms with Gasteiger partial charge in [0.05, 0.1) is 13.0 Å². The number of hydrogen-bond acceptors (Lipinski definition) is 4. The van der Waals surface area contributed by atoms with Crippen molar-refractivity contribution in [2.24, 2.45) is 5.92 Å². The van der Waals surface area contributed by atoms with E-state index >= 15 is 0 Å². The first kappa shape index (κ1) is 17.8. The van der Waals surface area contributed by atoms with Gasteiger partial charge in [0.15, 0.2) is 0 Å². The molecule has 23 heavy (non-hydrogen) atoms. The first-order valence-electron chi connectivity index (χ1n) is 7.62. The Morgan fingerprint density at radius 1 is 1.26 bits per heavy atom. The van der Waals surface area contributed by atoms with E-state index in [-0.39, 0.29) is 32.4 Å². The molecular weight excluding hydrogens is 317 g/mol. The highest BCUT2D eigenvalue weighted by Gasteiger charge is 2.47. The van der Waals surface area contributed by atoms with E-state index in [2.05, 4.69) is 4.74 Å². The van der Waals surface area contributed by atoms with Crippen LogP contribution in [0.2, 0.25) is 0 Å². The lowest BCUT2D eigenvalue weighted by Gasteiger charge is -2.40. The van der Waals surface area contributed by atoms with Crippen LogP contribution in [0.25, 0.3) is 0 Å². The molecule has 0 bridgehead atoms. The van der Waals surface area contributed by atoms with E-state index in [1.54, 1.807) is 0 Å². The molecule has 2 aliphatic rings. The van der Waals surface area contributed by atoms with Gasteiger partial charge in [-0.15, -0.1) is 0 Å². The van der Waals surface area contributed by atoms with Gasteiger partial charge in [0.2, 0.25) is 0 Å². The summed E-state index contributed by atoms with van der Waals surface area (Å²) < 4.78 is 43.8. The SMILES string of the molecule is COC(=O)N1CCC(C(=O)O)CC1CN1CCC[C@H]1C(F)(F)F. The van der Waals surface area contributed by atoms with Crippen molar-refractivity contribution in [3.05, 3.63) is 0 Å². The molecule has 2 heterocycles. The van der Waals surface area contributed by atoms with E-state index in [1.807, 2.05) is 0 Å². The van der Waals surface area contributed by atoms with Gasteiger partial charge >= 0.3 is 18.2 Å². The van der Waals surface area contributed by atoms with Crippen LogP contribution in [-0.2, 0) is 9.53 Å². The Morgan fingerprint density at radius 2 is 1.96 bits per heavy atom. The fraction of sp³-hybridized carbons (Fsp3) is 0.857. The molecular formula is C14H21F3N2O4. The van der Waals surface area contributed by atoms with Crippen LogP contribution in [0.15, 0.2) is 0 Å². The molecule has 3 atom stereocenters. The van der Waals surface area contributed by atoms with Crippen LogP contribution >= 0.6 is 0 Å². The van der Waals surface area contributed by atoms with Crippen LogP contribution in [0, 0.1) is 5.92 Å². The van der Waals surface area contributed by atoms with Gasteiger partial charge in [-0.3, -0.25) is 9.69 Å². The molecule has 0 radical (unpaired) electrons. The quantitative estimate of drug-likeness (QED) is 0.852. The average Bonchev–Trinajstić information content (AvgIpc) is 2.94. The van der Waals surface area contributed by atoms with Gasteiger partial charge in [0.1, 0.15) is 6.04 Å². The van der Waals surface area contributed by atoms with Crippen LogP contribution in [0.3, 0.4) is 0 Å². The van der Waals surface area contributed by atoms with Crippen LogP contribution in [0.5, 0.6) is 0 Å². The van der Waals surface area contributed by atoms with Gasteiger partial charge in [-0.2, -0.15) is 13.2 Å². The van der Waals surface area contributed by atoms with E-state index in [1.165, 1.54) is 16.9 Å². The minimum Gasteiger partial charge on any atom is -0.481 e. The molecule has 2 fully saturated rings. The summed E-state index contributed by atoms with van der Waals surface area (Å²) in [5.74, 6) is -1.62. The van der Waals surface area contributed by atoms with Crippen LogP contribution in [-0.4, -0.2) is 72.0 Å². The number of ether oxygens (including phenoxy) is 1. The molecule has 2 aliphatic heterocycles. The second-order valence-electron chi connectivity index (χ2n) is 6.07. The van der Waals surface area contributed by atoms with Crippen molar-refractivity contribution in [2.75, 3.05) is 26.7 Å². The third-order valence-electron chi connectivity index (χ3n) is 4.66. The lowest BCUT2D eigenvalue weighted by molar-refractivity contribution is -0.178. The molecule has 0 aromatic carbocycles. The highest BCUT2D eigenvalue weighted by atomic mass is 19.4. The van der Waals surface area contributed by atoms with Gasteiger partial charge in [0.25, 0.3) is 0 Å². The lowest BCUT2D eigenvalue weighted by Crippen LogP contribution is -2.54. The summed E-state index contributed by atoms with van der Waals surface area (Å²) in [6.07, 6.45) is -4.03. The summed E-state index contributed by atoms with van der Waals surface area (Å²) in [6.45, 7) is 0.495. The van der Waals surface area contributed by atoms with Crippen molar-refractivity contribution in [3.8, 4) is 0 Å². The number of nitrogens with zero attached hydrogens (tertiary/aromatic N) is 2. The van der Waals surface area contributed by atoms with Crippen molar-refractivity contribution in [1.82, 2.24) is 9.80 Å². The first-order valence-corrected chi connectivity index (χ1v) is 7.62. The number of likely N-dealkylation sites (tertiary alicyclic amines) is 2. The number of amides is 1. The molecule has 6 nitrogen and oxygen atoms in total. The molecule has 1 N–H and O–H groups in total. The highest BCUT2D eigenvalue weighted by molar-refractivity contribution is 5.72. The molecule has 0 aromatic heterocycles. The molecule has 2 rings (SSSR count). The van der Waals surface area contributed by atoms with Gasteiger partial charge in [0, 0.05) is 19.1 Å². The van der Waals surface area contributed by atoms with Crippen molar-refractivity contribution in [3.63, 3.8) is 0 Å². The molecule has 0 spiro atoms. The van der Waals surface area contributed by atoms with E-state index in [4.69, 9.17) is 5.11 Å². The number of methoxy groups -OCH3 is 1. The fourth-order valence-corrected chi connectivity index (χ4v) is 3.49. The summed E-state index contributed by atoms with van der Waals surface area (Å²) in [4.78, 5) is 25.7. The number of carbonyl (C=O) groups excluding carboxylic acids is 1. The summed E-state index contributed by atoms with van der Waals surface area (Å²) in [5, 5.41) is 9.15. The predicted molar refractivity (Wildman–Crippen MR) is 73.9 cm³/mol. The summed E-state index contributed by atoms with van der Waals surface area (Å²) in [6, 6.07) is -2.10. The smallest absolute Gasteiger partial charge is 0.409 e. The van der Waals surface area contributed by atoms with E-state index in [9.17, 15) is 22.8 Å². The zero-order valence-electron chi connectivity index (χ0n) is 12.9. The first-order chi connectivity index (χ1) is 10.7. The van der Waals surface area contributed by atoms with E-state index < -0.39 is 36.2 Å². The van der Waals surface area contributed by atoms with Crippen LogP contribution in [0.4, 0.5) is 18.0 Å². The fourth-order valence-electron chi connectivity index (χ4n) is 3.49. The number of piperidine rings is 1. The second-order valence-corrected chi connectivity index (χ2v) is 6.07. The maximum Gasteiger partial charge on any atom is 0.409 e. The maximum absolute atomic E-state index is 13.1. The van der Waals surface area contributed by atoms with Crippen molar-refractivity contribution >= 4 is 12.1 Å². The van der Waals surface area contributed by atoms with Crippen LogP contribution < -0.4 is 0 Å². The minimum atomic E-state index is -4.31. The van der Waals surface area contributed by atoms with Gasteiger partial charge in [-0.1, -0.05) is 0 Å². The topological polar surface area (TPSA) is 70.1 Å². The summed E-state index contributed by atoms with van der Waals surface area (Å²) in [5.41, 5.74) is 0. The Morgan fingerprint density at radius 3 is 2.52 bits per heavy atom. The molecule has 2 unspecified atom stereocenters. The molecule has 0 saturated carbocycles. The highest BCUT2D eigenvalue weighted by Crippen LogP contribution is 2.34. The molecule has 0 aliphatic carbocycles. The van der Waals surface area contributed by atoms with Gasteiger partial charge in [-0.05, 0) is 32.2 Å². The molecule has 1 amide bonds. The largest absolute Gasteiger partial charge is 0.481 e. The third kappa shape index (κ3) is 4.07. The number of halogens is 3. The zero-order chi connectivity index (χ0) is 17.2. The minimum absolute atomic E-state index is 0.0169. The lowest BCUT2D eigenvalue weighted by atomic mass is 9.90. The summed E-state index contributed by atoms with van der Waals surface area (Å²) in [7, 11) is 1.21. The number of carboxylic acids is 1. The predicted octanol–water partition coefficient (Wildman–Crippen LogP) is 1.94. The average molecular weight is 338 g/mol. The van der Waals surface area contributed by atoms with E-state index in [0.29, 0.717) is 13.0 Å². The Labute approximate surface area is 132 Å². The Hall–Kier alpha value is -1.51. The van der Waals surface area contributed by atoms with E-state index in [0.717, 1.165) is 0 Å². The normalized spacial score (nSPS) is 29.6. The standard InChI is InChI=1S/C14H21F3N2O4/c1-23-13(22)19-6-4-9(12(20)21)7-10(19)8-18-5-2-3-11(18)14(15,16)17/h9-11H,2-8H2,1H3,(H,20,21)/t9?,10?,11-/m0/s1. The number of rotatable bonds is 3.